The summed E-state index contributed by atoms with van der Waals surface area (Å²) < 4.78 is 12.3. The molecule has 3 amide bonds. The number of nitrogens with one attached hydrogen (secondary N) is 1. The number of halogens is 2. The van der Waals surface area contributed by atoms with E-state index in [1.54, 1.807) is 18.2 Å². The Morgan fingerprint density at radius 2 is 1.79 bits per heavy atom. The number of hydrogen-bond acceptors (Lipinski definition) is 6. The Kier molecular flexibility index (Phi) is 9.24. The summed E-state index contributed by atoms with van der Waals surface area (Å²) in [5.41, 5.74) is 5.10. The topological polar surface area (TPSA) is 84.9 Å². The average molecular weight is 677 g/mol. The first kappa shape index (κ1) is 29.0. The van der Waals surface area contributed by atoms with Gasteiger partial charge in [0.2, 0.25) is 5.91 Å². The molecule has 10 heteroatoms. The van der Waals surface area contributed by atoms with Gasteiger partial charge in [0.05, 0.1) is 15.6 Å². The monoisotopic (exact) mass is 676 g/mol. The predicted octanol–water partition coefficient (Wildman–Crippen LogP) is 7.13. The Labute approximate surface area is 250 Å². The number of carbonyl (C=O) groups is 3. The third-order valence-electron chi connectivity index (χ3n) is 6.00. The van der Waals surface area contributed by atoms with Crippen molar-refractivity contribution in [1.29, 1.82) is 0 Å². The summed E-state index contributed by atoms with van der Waals surface area (Å²) in [4.78, 5) is 39.6. The van der Waals surface area contributed by atoms with Crippen molar-refractivity contribution in [3.05, 3.63) is 89.8 Å². The largest absolute Gasteiger partial charge is 0.493 e. The van der Waals surface area contributed by atoms with Crippen LogP contribution in [0.2, 0.25) is 5.02 Å². The summed E-state index contributed by atoms with van der Waals surface area (Å²) in [7, 11) is 1.53. The van der Waals surface area contributed by atoms with E-state index >= 15 is 0 Å². The van der Waals surface area contributed by atoms with Crippen LogP contribution in [-0.4, -0.2) is 35.6 Å². The van der Waals surface area contributed by atoms with Crippen LogP contribution in [0.25, 0.3) is 6.08 Å². The second kappa shape index (κ2) is 12.4. The number of amides is 3. The quantitative estimate of drug-likeness (QED) is 0.202. The van der Waals surface area contributed by atoms with Gasteiger partial charge in [0, 0.05) is 16.3 Å². The average Bonchev–Trinajstić information content (AvgIpc) is 3.13. The molecule has 0 unspecified atom stereocenters. The molecule has 3 aromatic carbocycles. The van der Waals surface area contributed by atoms with Crippen molar-refractivity contribution in [1.82, 2.24) is 4.90 Å². The van der Waals surface area contributed by atoms with E-state index in [1.165, 1.54) is 7.11 Å². The van der Waals surface area contributed by atoms with Crippen molar-refractivity contribution in [3.63, 3.8) is 0 Å². The molecule has 39 heavy (non-hydrogen) atoms. The Morgan fingerprint density at radius 1 is 1.10 bits per heavy atom. The van der Waals surface area contributed by atoms with E-state index in [0.717, 1.165) is 42.5 Å². The second-order valence-corrected chi connectivity index (χ2v) is 11.6. The molecule has 1 N–H and O–H groups in total. The molecule has 0 saturated carbocycles. The molecular formula is C29H26ClIN2O5S. The van der Waals surface area contributed by atoms with Gasteiger partial charge in [-0.3, -0.25) is 19.3 Å². The zero-order chi connectivity index (χ0) is 28.3. The number of methoxy groups -OCH3 is 1. The molecule has 1 fully saturated rings. The van der Waals surface area contributed by atoms with Crippen molar-refractivity contribution < 1.29 is 23.9 Å². The van der Waals surface area contributed by atoms with Gasteiger partial charge in [-0.1, -0.05) is 47.5 Å². The van der Waals surface area contributed by atoms with Gasteiger partial charge in [0.15, 0.2) is 11.5 Å². The first-order valence-electron chi connectivity index (χ1n) is 11.9. The lowest BCUT2D eigenvalue weighted by Crippen LogP contribution is -2.36. The molecule has 1 saturated heterocycles. The number of benzene rings is 3. The van der Waals surface area contributed by atoms with Crippen molar-refractivity contribution in [2.45, 2.75) is 27.4 Å². The maximum atomic E-state index is 13.1. The molecule has 1 heterocycles. The van der Waals surface area contributed by atoms with Crippen molar-refractivity contribution in [2.75, 3.05) is 19.0 Å². The number of ether oxygens (including phenoxy) is 2. The smallest absolute Gasteiger partial charge is 0.294 e. The first-order valence-corrected chi connectivity index (χ1v) is 14.2. The highest BCUT2D eigenvalue weighted by Gasteiger charge is 2.36. The zero-order valence-corrected chi connectivity index (χ0v) is 25.5. The molecule has 0 aliphatic carbocycles. The number of nitrogens with zero attached hydrogens (tertiary/aromatic N) is 1. The number of imide groups is 1. The first-order chi connectivity index (χ1) is 18.6. The highest BCUT2D eigenvalue weighted by molar-refractivity contribution is 14.1. The molecule has 0 bridgehead atoms. The molecule has 0 spiro atoms. The van der Waals surface area contributed by atoms with Crippen LogP contribution in [0.5, 0.6) is 11.5 Å². The van der Waals surface area contributed by atoms with E-state index < -0.39 is 17.1 Å². The number of anilines is 1. The van der Waals surface area contributed by atoms with E-state index in [4.69, 9.17) is 21.1 Å². The predicted molar refractivity (Wildman–Crippen MR) is 163 cm³/mol. The van der Waals surface area contributed by atoms with Gasteiger partial charge >= 0.3 is 0 Å². The van der Waals surface area contributed by atoms with Crippen molar-refractivity contribution >= 4 is 74.8 Å². The fourth-order valence-electron chi connectivity index (χ4n) is 4.22. The summed E-state index contributed by atoms with van der Waals surface area (Å²) >= 11 is 9.17. The number of rotatable bonds is 8. The number of carbonyl (C=O) groups excluding carboxylic acids is 3. The molecular weight excluding hydrogens is 651 g/mol. The summed E-state index contributed by atoms with van der Waals surface area (Å²) in [6, 6.07) is 14.9. The maximum Gasteiger partial charge on any atom is 0.294 e. The Bertz CT molecular complexity index is 1480. The van der Waals surface area contributed by atoms with Gasteiger partial charge in [-0.05, 0) is 96.1 Å². The number of thioether (sulfide) groups is 1. The molecule has 0 aromatic heterocycles. The van der Waals surface area contributed by atoms with E-state index in [1.807, 2.05) is 57.2 Å². The van der Waals surface area contributed by atoms with Crippen molar-refractivity contribution in [2.24, 2.45) is 0 Å². The van der Waals surface area contributed by atoms with Gasteiger partial charge in [-0.15, -0.1) is 0 Å². The van der Waals surface area contributed by atoms with E-state index in [-0.39, 0.29) is 18.1 Å². The molecule has 0 atom stereocenters. The Hall–Kier alpha value is -3.02. The maximum absolute atomic E-state index is 13.1. The second-order valence-electron chi connectivity index (χ2n) is 9.00. The fourth-order valence-corrected chi connectivity index (χ4v) is 6.03. The molecule has 202 valence electrons. The minimum absolute atomic E-state index is 0.220. The molecule has 4 rings (SSSR count). The van der Waals surface area contributed by atoms with Crippen LogP contribution in [0, 0.1) is 24.3 Å². The number of hydrogen-bond donors (Lipinski definition) is 1. The van der Waals surface area contributed by atoms with Gasteiger partial charge < -0.3 is 14.8 Å². The normalized spacial score (nSPS) is 14.2. The minimum atomic E-state index is -0.523. The van der Waals surface area contributed by atoms with Crippen LogP contribution in [0.3, 0.4) is 0 Å². The molecule has 1 aliphatic heterocycles. The number of aryl methyl sites for hydroxylation is 3. The minimum Gasteiger partial charge on any atom is -0.493 e. The van der Waals surface area contributed by atoms with Crippen molar-refractivity contribution in [3.8, 4) is 11.5 Å². The molecule has 0 radical (unpaired) electrons. The lowest BCUT2D eigenvalue weighted by atomic mass is 10.1. The van der Waals surface area contributed by atoms with Crippen LogP contribution in [0.1, 0.15) is 27.8 Å². The van der Waals surface area contributed by atoms with Crippen LogP contribution in [0.4, 0.5) is 10.5 Å². The highest BCUT2D eigenvalue weighted by Crippen LogP contribution is 2.38. The van der Waals surface area contributed by atoms with Gasteiger partial charge in [-0.2, -0.15) is 0 Å². The van der Waals surface area contributed by atoms with E-state index in [2.05, 4.69) is 27.9 Å². The third kappa shape index (κ3) is 6.77. The van der Waals surface area contributed by atoms with E-state index in [0.29, 0.717) is 27.8 Å². The Balaban J connectivity index is 1.48. The summed E-state index contributed by atoms with van der Waals surface area (Å²) in [6.45, 7) is 5.68. The van der Waals surface area contributed by atoms with Crippen LogP contribution in [-0.2, 0) is 16.2 Å². The van der Waals surface area contributed by atoms with Crippen LogP contribution >= 0.6 is 46.0 Å². The Morgan fingerprint density at radius 3 is 2.46 bits per heavy atom. The summed E-state index contributed by atoms with van der Waals surface area (Å²) in [5.74, 6) is 0.0552. The summed E-state index contributed by atoms with van der Waals surface area (Å²) in [5, 5.41) is 2.95. The van der Waals surface area contributed by atoms with Crippen LogP contribution in [0.15, 0.2) is 53.4 Å². The van der Waals surface area contributed by atoms with Crippen LogP contribution < -0.4 is 14.8 Å². The highest BCUT2D eigenvalue weighted by atomic mass is 127. The molecule has 7 nitrogen and oxygen atoms in total. The SMILES string of the molecule is COc1cc(/C=C2/SC(=O)N(CC(=O)Nc3c(C)cc(C)cc3C)C2=O)cc(I)c1OCc1ccccc1Cl. The zero-order valence-electron chi connectivity index (χ0n) is 21.8. The standard InChI is InChI=1S/C29H26ClIN2O5S/c1-16-9-17(2)26(18(3)10-16)32-25(34)14-33-28(35)24(39-29(33)36)13-19-11-22(31)27(23(12-19)37-4)38-15-20-7-5-6-8-21(20)30/h5-13H,14-15H2,1-4H3,(H,32,34)/b24-13+. The molecule has 3 aromatic rings. The lowest BCUT2D eigenvalue weighted by molar-refractivity contribution is -0.127. The third-order valence-corrected chi connectivity index (χ3v) is 8.07. The van der Waals surface area contributed by atoms with Gasteiger partial charge in [0.25, 0.3) is 11.1 Å². The summed E-state index contributed by atoms with van der Waals surface area (Å²) in [6.07, 6.45) is 1.61. The van der Waals surface area contributed by atoms with Gasteiger partial charge in [-0.25, -0.2) is 0 Å². The molecule has 1 aliphatic rings. The van der Waals surface area contributed by atoms with E-state index in [9.17, 15) is 14.4 Å². The fraction of sp³-hybridized carbons (Fsp3) is 0.207. The van der Waals surface area contributed by atoms with Gasteiger partial charge in [0.1, 0.15) is 13.2 Å². The lowest BCUT2D eigenvalue weighted by Gasteiger charge is -2.16.